The third-order valence-electron chi connectivity index (χ3n) is 24.5. The van der Waals surface area contributed by atoms with Crippen molar-refractivity contribution in [2.45, 2.75) is 183 Å². The summed E-state index contributed by atoms with van der Waals surface area (Å²) < 4.78 is 83.5. The number of nitrogens with zero attached hydrogens (tertiary/aromatic N) is 5. The van der Waals surface area contributed by atoms with Crippen molar-refractivity contribution in [1.82, 2.24) is 14.1 Å². The Labute approximate surface area is 706 Å². The zero-order valence-electron chi connectivity index (χ0n) is 79.8. The molecule has 13 aromatic carbocycles. The van der Waals surface area contributed by atoms with Crippen molar-refractivity contribution in [3.05, 3.63) is 324 Å². The van der Waals surface area contributed by atoms with E-state index >= 15 is 0 Å². The fourth-order valence-corrected chi connectivity index (χ4v) is 17.8. The van der Waals surface area contributed by atoms with E-state index in [-0.39, 0.29) is 54.3 Å². The van der Waals surface area contributed by atoms with Gasteiger partial charge in [0.15, 0.2) is 0 Å². The molecule has 0 bridgehead atoms. The molecule has 0 saturated carbocycles. The molecule has 5 nitrogen and oxygen atoms in total. The number of para-hydroxylation sites is 2. The van der Waals surface area contributed by atoms with Crippen molar-refractivity contribution < 1.29 is 11.0 Å². The molecule has 117 heavy (non-hydrogen) atoms. The molecule has 0 amide bonds. The van der Waals surface area contributed by atoms with Crippen LogP contribution in [0.1, 0.15) is 195 Å². The predicted molar refractivity (Wildman–Crippen MR) is 505 cm³/mol. The molecule has 3 aromatic heterocycles. The van der Waals surface area contributed by atoms with Gasteiger partial charge in [0.1, 0.15) is 0 Å². The first-order valence-electron chi connectivity index (χ1n) is 45.6. The van der Waals surface area contributed by atoms with E-state index in [0.29, 0.717) is 5.69 Å². The van der Waals surface area contributed by atoms with Gasteiger partial charge in [-0.25, -0.2) is 0 Å². The van der Waals surface area contributed by atoms with Crippen LogP contribution in [0.5, 0.6) is 0 Å². The Morgan fingerprint density at radius 1 is 0.274 bits per heavy atom. The average Bonchev–Trinajstić information content (AvgIpc) is 1.62. The lowest BCUT2D eigenvalue weighted by Crippen LogP contribution is -2.61. The van der Waals surface area contributed by atoms with E-state index in [0.717, 1.165) is 151 Å². The Morgan fingerprint density at radius 3 is 1.11 bits per heavy atom. The Hall–Kier alpha value is -11.7. The summed E-state index contributed by atoms with van der Waals surface area (Å²) in [5.74, 6) is 0. The Morgan fingerprint density at radius 2 is 0.667 bits per heavy atom. The van der Waals surface area contributed by atoms with Crippen LogP contribution in [0.3, 0.4) is 0 Å². The molecule has 0 spiro atoms. The highest BCUT2D eigenvalue weighted by molar-refractivity contribution is 7.00. The first kappa shape index (κ1) is 67.4. The minimum absolute atomic E-state index is 0.00800. The molecule has 582 valence electrons. The molecule has 0 aliphatic carbocycles. The summed E-state index contributed by atoms with van der Waals surface area (Å²) in [6.45, 7) is 47.1. The molecule has 16 aromatic rings. The number of rotatable bonds is 9. The first-order chi connectivity index (χ1) is 58.8. The summed E-state index contributed by atoms with van der Waals surface area (Å²) in [7, 11) is 0. The highest BCUT2D eigenvalue weighted by atomic mass is 15.2. The average molecular weight is 1530 g/mol. The van der Waals surface area contributed by atoms with E-state index in [2.05, 4.69) is 396 Å². The van der Waals surface area contributed by atoms with Gasteiger partial charge in [-0.05, 0) is 213 Å². The standard InChI is InChI=1S/C111H110BN5/c1-105(2,3)74-49-54-95-87(60-74)88-61-75(106(4,5)6)50-55-96(88)114(95)80-51-53-91-98(66-80)117(103-84(69-36-25-22-26-37-69)62-78(109(13,14)15)63-85(103)70-38-27-23-28-39-70)100-68-81(115-93-45-33-31-42-82(93)83-43-32-34-46-94(83)115)67-99-102(100)112(91)90-52-48-72(73-56-76(107(7,8)9)59-77(57-73)108(10,11)12)58-97(90)116(99)104-86(71-40-29-24-30-41-71)64-79(110(16,17)18)65-89(104)92-44-35-47-101(113-92)111(19,20)21/h22-68H,1-21H3/i31D,32D,33D,34D,42D,43D,45D,46D. The van der Waals surface area contributed by atoms with Gasteiger partial charge < -0.3 is 18.9 Å². The fraction of sp³-hybridized carbons (Fsp3) is 0.252. The molecule has 0 atom stereocenters. The van der Waals surface area contributed by atoms with Crippen LogP contribution in [0.4, 0.5) is 34.1 Å². The van der Waals surface area contributed by atoms with Gasteiger partial charge in [0.25, 0.3) is 6.71 Å². The number of pyridine rings is 1. The zero-order valence-corrected chi connectivity index (χ0v) is 71.8. The number of aromatic nitrogens is 3. The predicted octanol–water partition coefficient (Wildman–Crippen LogP) is 28.8. The van der Waals surface area contributed by atoms with Crippen molar-refractivity contribution in [3.63, 3.8) is 0 Å². The summed E-state index contributed by atoms with van der Waals surface area (Å²) in [4.78, 5) is 10.8. The maximum atomic E-state index is 10.4. The van der Waals surface area contributed by atoms with Gasteiger partial charge in [0.2, 0.25) is 0 Å². The first-order valence-corrected chi connectivity index (χ1v) is 41.6. The lowest BCUT2D eigenvalue weighted by molar-refractivity contribution is 0.569. The Balaban J connectivity index is 1.11. The van der Waals surface area contributed by atoms with Crippen molar-refractivity contribution in [2.24, 2.45) is 0 Å². The fourth-order valence-electron chi connectivity index (χ4n) is 17.8. The largest absolute Gasteiger partial charge is 0.310 e. The maximum Gasteiger partial charge on any atom is 0.252 e. The summed E-state index contributed by atoms with van der Waals surface area (Å²) in [5.41, 5.74) is 26.7. The van der Waals surface area contributed by atoms with Crippen LogP contribution in [-0.4, -0.2) is 20.8 Å². The monoisotopic (exact) mass is 1530 g/mol. The molecule has 2 aliphatic rings. The van der Waals surface area contributed by atoms with Crippen molar-refractivity contribution in [1.29, 1.82) is 0 Å². The third-order valence-corrected chi connectivity index (χ3v) is 24.5. The van der Waals surface area contributed by atoms with Crippen molar-refractivity contribution in [3.8, 4) is 67.1 Å². The molecule has 18 rings (SSSR count). The third kappa shape index (κ3) is 13.3. The van der Waals surface area contributed by atoms with Crippen LogP contribution >= 0.6 is 0 Å². The summed E-state index contributed by atoms with van der Waals surface area (Å²) >= 11 is 0. The van der Waals surface area contributed by atoms with Gasteiger partial charge in [-0.3, -0.25) is 4.98 Å². The molecule has 0 saturated heterocycles. The quantitative estimate of drug-likeness (QED) is 0.135. The van der Waals surface area contributed by atoms with Crippen molar-refractivity contribution >= 4 is 101 Å². The van der Waals surface area contributed by atoms with E-state index in [1.54, 1.807) is 4.57 Å². The highest BCUT2D eigenvalue weighted by Crippen LogP contribution is 2.56. The lowest BCUT2D eigenvalue weighted by Gasteiger charge is -2.46. The van der Waals surface area contributed by atoms with Crippen molar-refractivity contribution in [2.75, 3.05) is 9.80 Å². The maximum absolute atomic E-state index is 10.4. The van der Waals surface area contributed by atoms with Crippen LogP contribution in [0.15, 0.2) is 285 Å². The lowest BCUT2D eigenvalue weighted by atomic mass is 9.33. The summed E-state index contributed by atoms with van der Waals surface area (Å²) in [6, 6.07) is 84.0. The number of hydrogen-bond donors (Lipinski definition) is 0. The van der Waals surface area contributed by atoms with Crippen LogP contribution in [0.25, 0.3) is 111 Å². The highest BCUT2D eigenvalue weighted by Gasteiger charge is 2.47. The van der Waals surface area contributed by atoms with Crippen LogP contribution in [-0.2, 0) is 37.9 Å². The van der Waals surface area contributed by atoms with Gasteiger partial charge in [0.05, 0.1) is 55.8 Å². The summed E-state index contributed by atoms with van der Waals surface area (Å²) in [6.07, 6.45) is 0. The Kier molecular flexibility index (Phi) is 15.8. The topological polar surface area (TPSA) is 29.2 Å². The normalized spacial score (nSPS) is 14.4. The summed E-state index contributed by atoms with van der Waals surface area (Å²) in [5, 5.41) is 2.26. The van der Waals surface area contributed by atoms with Crippen LogP contribution < -0.4 is 26.2 Å². The minimum atomic E-state index is -0.579. The van der Waals surface area contributed by atoms with Gasteiger partial charge >= 0.3 is 0 Å². The van der Waals surface area contributed by atoms with E-state index in [4.69, 9.17) is 4.98 Å². The van der Waals surface area contributed by atoms with Gasteiger partial charge in [0, 0.05) is 83.3 Å². The van der Waals surface area contributed by atoms with E-state index in [9.17, 15) is 11.0 Å². The van der Waals surface area contributed by atoms with E-state index < -0.39 is 60.5 Å². The minimum Gasteiger partial charge on any atom is -0.310 e. The zero-order chi connectivity index (χ0) is 89.1. The second-order valence-electron chi connectivity index (χ2n) is 40.0. The van der Waals surface area contributed by atoms with Crippen LogP contribution in [0.2, 0.25) is 0 Å². The molecule has 0 N–H and O–H groups in total. The van der Waals surface area contributed by atoms with E-state index in [1.807, 2.05) is 0 Å². The number of hydrogen-bond acceptors (Lipinski definition) is 3. The SMILES string of the molecule is [2H]c1c([2H])c([2H])c2c(c1[2H])c1c([2H])c([2H])c([2H])c([2H])c1n2-c1cc2c3c(c1)N(c1c(-c4ccccc4)cc(C(C)(C)C)cc1-c1cccc(C(C)(C)C)n1)c1cc(-c4cc(C(C)(C)C)cc(C(C)(C)C)c4)ccc1B3c1ccc(-n3c4ccc(C(C)(C)C)cc4c4cc(C(C)(C)C)ccc43)cc1N2c1c(-c2ccccc2)cc(C(C)(C)C)cc1-c1ccccc1. The second-order valence-corrected chi connectivity index (χ2v) is 40.0. The molecule has 0 unspecified atom stereocenters. The van der Waals surface area contributed by atoms with Gasteiger partial charge in [-0.2, -0.15) is 0 Å². The Bertz CT molecular complexity index is 6930. The number of benzene rings is 13. The number of fused-ring (bicyclic) bond motifs is 10. The molecule has 2 aliphatic heterocycles. The molecular weight excluding hydrogens is 1410 g/mol. The molecule has 0 radical (unpaired) electrons. The smallest absolute Gasteiger partial charge is 0.252 e. The van der Waals surface area contributed by atoms with Crippen LogP contribution in [0, 0.1) is 0 Å². The molecule has 0 fully saturated rings. The van der Waals surface area contributed by atoms with E-state index in [1.165, 1.54) is 22.3 Å². The number of anilines is 6. The van der Waals surface area contributed by atoms with Gasteiger partial charge in [-0.15, -0.1) is 0 Å². The molecular formula is C111H110BN5. The molecule has 5 heterocycles. The molecule has 6 heteroatoms. The second kappa shape index (κ2) is 27.5. The van der Waals surface area contributed by atoms with Gasteiger partial charge in [-0.1, -0.05) is 327 Å².